The average Bonchev–Trinajstić information content (AvgIpc) is 2.39. The number of esters is 1. The van der Waals surface area contributed by atoms with Gasteiger partial charge in [0.2, 0.25) is 0 Å². The standard InChI is InChI=1S/C16H30F3NO3S/c1-8-11(4)23-14(21)12(9-10(2)3)13(16(17,18)19)20-24(22)15(5,6)7/h10-13,20H,8-9H2,1-7H3/t11?,12-,13-,24-/m1/s1. The first-order valence-electron chi connectivity index (χ1n) is 8.15. The molecule has 0 spiro atoms. The lowest BCUT2D eigenvalue weighted by Crippen LogP contribution is -2.54. The van der Waals surface area contributed by atoms with Crippen LogP contribution in [0.1, 0.15) is 61.3 Å². The number of halogens is 3. The predicted molar refractivity (Wildman–Crippen MR) is 89.7 cm³/mol. The third kappa shape index (κ3) is 7.96. The SMILES string of the molecule is CCC(C)OC(=O)[C@H](CC(C)C)[C@@H](N[S@](=O)C(C)(C)C)C(F)(F)F. The van der Waals surface area contributed by atoms with Gasteiger partial charge in [0.05, 0.1) is 27.8 Å². The maximum atomic E-state index is 13.5. The summed E-state index contributed by atoms with van der Waals surface area (Å²) in [5.74, 6) is -2.49. The number of carbonyl (C=O) groups is 1. The van der Waals surface area contributed by atoms with Gasteiger partial charge in [-0.2, -0.15) is 13.2 Å². The summed E-state index contributed by atoms with van der Waals surface area (Å²) in [7, 11) is -1.96. The third-order valence-electron chi connectivity index (χ3n) is 3.47. The fourth-order valence-corrected chi connectivity index (χ4v) is 2.80. The van der Waals surface area contributed by atoms with Crippen molar-refractivity contribution in [1.82, 2.24) is 4.72 Å². The summed E-state index contributed by atoms with van der Waals surface area (Å²) in [5, 5.41) is 0. The molecule has 1 N–H and O–H groups in total. The normalized spacial score (nSPS) is 18.1. The van der Waals surface area contributed by atoms with Gasteiger partial charge in [0.25, 0.3) is 0 Å². The smallest absolute Gasteiger partial charge is 0.405 e. The molecule has 1 unspecified atom stereocenters. The zero-order chi connectivity index (χ0) is 19.3. The fourth-order valence-electron chi connectivity index (χ4n) is 1.91. The van der Waals surface area contributed by atoms with Crippen molar-refractivity contribution in [2.75, 3.05) is 0 Å². The Labute approximate surface area is 145 Å². The number of hydrogen-bond donors (Lipinski definition) is 1. The van der Waals surface area contributed by atoms with Gasteiger partial charge >= 0.3 is 12.1 Å². The topological polar surface area (TPSA) is 55.4 Å². The van der Waals surface area contributed by atoms with Crippen LogP contribution in [0.3, 0.4) is 0 Å². The monoisotopic (exact) mass is 373 g/mol. The van der Waals surface area contributed by atoms with Gasteiger partial charge < -0.3 is 4.74 Å². The zero-order valence-corrected chi connectivity index (χ0v) is 16.3. The molecule has 0 aromatic carbocycles. The Morgan fingerprint density at radius 3 is 2.00 bits per heavy atom. The average molecular weight is 373 g/mol. The van der Waals surface area contributed by atoms with E-state index >= 15 is 0 Å². The molecule has 0 radical (unpaired) electrons. The molecule has 0 saturated heterocycles. The first-order valence-corrected chi connectivity index (χ1v) is 9.30. The van der Waals surface area contributed by atoms with E-state index in [0.29, 0.717) is 6.42 Å². The Morgan fingerprint density at radius 2 is 1.67 bits per heavy atom. The first-order chi connectivity index (χ1) is 10.7. The van der Waals surface area contributed by atoms with Crippen molar-refractivity contribution in [2.45, 2.75) is 84.4 Å². The van der Waals surface area contributed by atoms with Gasteiger partial charge in [0.15, 0.2) is 0 Å². The van der Waals surface area contributed by atoms with E-state index in [0.717, 1.165) is 0 Å². The molecule has 4 nitrogen and oxygen atoms in total. The van der Waals surface area contributed by atoms with Crippen LogP contribution in [0, 0.1) is 11.8 Å². The number of alkyl halides is 3. The number of carbonyl (C=O) groups excluding carboxylic acids is 1. The van der Waals surface area contributed by atoms with Crippen LogP contribution in [-0.2, 0) is 20.5 Å². The lowest BCUT2D eigenvalue weighted by atomic mass is 9.90. The van der Waals surface area contributed by atoms with Gasteiger partial charge in [-0.15, -0.1) is 0 Å². The predicted octanol–water partition coefficient (Wildman–Crippen LogP) is 3.97. The van der Waals surface area contributed by atoms with Gasteiger partial charge in [0, 0.05) is 0 Å². The molecule has 0 aliphatic carbocycles. The van der Waals surface area contributed by atoms with Gasteiger partial charge in [-0.3, -0.25) is 4.79 Å². The molecule has 8 heteroatoms. The van der Waals surface area contributed by atoms with E-state index in [4.69, 9.17) is 4.74 Å². The van der Waals surface area contributed by atoms with E-state index in [2.05, 4.69) is 4.72 Å². The number of rotatable bonds is 8. The van der Waals surface area contributed by atoms with Crippen molar-refractivity contribution in [3.8, 4) is 0 Å². The minimum absolute atomic E-state index is 0.00616. The lowest BCUT2D eigenvalue weighted by Gasteiger charge is -2.32. The fraction of sp³-hybridized carbons (Fsp3) is 0.938. The number of nitrogens with one attached hydrogen (secondary N) is 1. The van der Waals surface area contributed by atoms with E-state index < -0.39 is 45.9 Å². The maximum Gasteiger partial charge on any atom is 0.405 e. The van der Waals surface area contributed by atoms with Crippen LogP contribution in [0.25, 0.3) is 0 Å². The summed E-state index contributed by atoms with van der Waals surface area (Å²) in [4.78, 5) is 12.3. The van der Waals surface area contributed by atoms with Crippen molar-refractivity contribution in [3.63, 3.8) is 0 Å². The third-order valence-corrected chi connectivity index (χ3v) is 5.05. The van der Waals surface area contributed by atoms with Crippen molar-refractivity contribution in [1.29, 1.82) is 0 Å². The molecule has 0 fully saturated rings. The molecular weight excluding hydrogens is 343 g/mol. The highest BCUT2D eigenvalue weighted by Crippen LogP contribution is 2.32. The highest BCUT2D eigenvalue weighted by molar-refractivity contribution is 7.84. The molecule has 0 aromatic rings. The molecule has 24 heavy (non-hydrogen) atoms. The second-order valence-electron chi connectivity index (χ2n) is 7.41. The summed E-state index contributed by atoms with van der Waals surface area (Å²) in [6.45, 7) is 11.6. The van der Waals surface area contributed by atoms with E-state index in [-0.39, 0.29) is 12.3 Å². The zero-order valence-electron chi connectivity index (χ0n) is 15.5. The summed E-state index contributed by atoms with van der Waals surface area (Å²) >= 11 is 0. The molecule has 4 atom stereocenters. The minimum Gasteiger partial charge on any atom is -0.462 e. The molecule has 0 rings (SSSR count). The van der Waals surface area contributed by atoms with Crippen molar-refractivity contribution in [3.05, 3.63) is 0 Å². The van der Waals surface area contributed by atoms with Gasteiger partial charge in [-0.05, 0) is 46.5 Å². The molecule has 0 amide bonds. The largest absolute Gasteiger partial charge is 0.462 e. The van der Waals surface area contributed by atoms with Crippen LogP contribution in [0.2, 0.25) is 0 Å². The van der Waals surface area contributed by atoms with Gasteiger partial charge in [-0.1, -0.05) is 20.8 Å². The molecule has 144 valence electrons. The minimum atomic E-state index is -4.71. The van der Waals surface area contributed by atoms with Crippen LogP contribution in [0.4, 0.5) is 13.2 Å². The highest BCUT2D eigenvalue weighted by Gasteiger charge is 2.50. The Balaban J connectivity index is 5.58. The Hall–Kier alpha value is -0.630. The molecule has 0 bridgehead atoms. The Bertz CT molecular complexity index is 433. The van der Waals surface area contributed by atoms with Gasteiger partial charge in [-0.25, -0.2) is 8.93 Å². The molecule has 0 heterocycles. The molecule has 0 aliphatic rings. The number of ether oxygens (including phenoxy) is 1. The second kappa shape index (κ2) is 9.17. The molecule has 0 aliphatic heterocycles. The van der Waals surface area contributed by atoms with Crippen LogP contribution >= 0.6 is 0 Å². The summed E-state index contributed by atoms with van der Waals surface area (Å²) in [5.41, 5.74) is 0. The van der Waals surface area contributed by atoms with Crippen LogP contribution in [0.15, 0.2) is 0 Å². The van der Waals surface area contributed by atoms with Crippen molar-refractivity contribution < 1.29 is 26.9 Å². The second-order valence-corrected chi connectivity index (χ2v) is 9.41. The van der Waals surface area contributed by atoms with Crippen LogP contribution in [-0.4, -0.2) is 33.2 Å². The van der Waals surface area contributed by atoms with E-state index in [1.807, 2.05) is 0 Å². The van der Waals surface area contributed by atoms with E-state index in [9.17, 15) is 22.2 Å². The van der Waals surface area contributed by atoms with Crippen LogP contribution < -0.4 is 4.72 Å². The van der Waals surface area contributed by atoms with E-state index in [1.165, 1.54) is 0 Å². The lowest BCUT2D eigenvalue weighted by molar-refractivity contribution is -0.182. The molecular formula is C16H30F3NO3S. The Morgan fingerprint density at radius 1 is 1.17 bits per heavy atom. The highest BCUT2D eigenvalue weighted by atomic mass is 32.2. The summed E-state index contributed by atoms with van der Waals surface area (Å²) in [6, 6.07) is -2.21. The maximum absolute atomic E-state index is 13.5. The Kier molecular flexibility index (Phi) is 8.93. The summed E-state index contributed by atoms with van der Waals surface area (Å²) < 4.78 is 59.2. The number of hydrogen-bond acceptors (Lipinski definition) is 3. The molecule has 0 aromatic heterocycles. The first kappa shape index (κ1) is 23.4. The van der Waals surface area contributed by atoms with Crippen LogP contribution in [0.5, 0.6) is 0 Å². The van der Waals surface area contributed by atoms with Crippen molar-refractivity contribution >= 4 is 17.0 Å². The van der Waals surface area contributed by atoms with E-state index in [1.54, 1.807) is 48.5 Å². The van der Waals surface area contributed by atoms with Gasteiger partial charge in [0.1, 0.15) is 6.04 Å². The quantitative estimate of drug-likeness (QED) is 0.655. The summed E-state index contributed by atoms with van der Waals surface area (Å²) in [6.07, 6.45) is -4.67. The molecule has 0 saturated carbocycles. The van der Waals surface area contributed by atoms with Crippen molar-refractivity contribution in [2.24, 2.45) is 11.8 Å².